The van der Waals surface area contributed by atoms with E-state index < -0.39 is 5.60 Å². The van der Waals surface area contributed by atoms with Crippen molar-refractivity contribution in [1.82, 2.24) is 29.7 Å². The standard InChI is InChI=1S/C23H30N6O4/c1-23(2,3)33-22(31)28-10-8-14(9-11-28)17-12-18(30)25-19-16(13-24-29(17)19)21-27-26-20(32-21)15-6-4-5-7-15/h12-15H,4-11H2,1-3H3,(H,25,30). The predicted octanol–water partition coefficient (Wildman–Crippen LogP) is 3.84. The molecule has 0 atom stereocenters. The van der Waals surface area contributed by atoms with E-state index in [2.05, 4.69) is 20.3 Å². The van der Waals surface area contributed by atoms with Crippen LogP contribution >= 0.6 is 0 Å². The van der Waals surface area contributed by atoms with Crippen molar-refractivity contribution in [3.8, 4) is 11.5 Å². The number of ether oxygens (including phenoxy) is 1. The topological polar surface area (TPSA) is 119 Å². The maximum atomic E-state index is 12.5. The molecule has 0 aromatic carbocycles. The minimum Gasteiger partial charge on any atom is -0.444 e. The maximum absolute atomic E-state index is 12.5. The van der Waals surface area contributed by atoms with E-state index in [9.17, 15) is 9.59 Å². The zero-order valence-electron chi connectivity index (χ0n) is 19.3. The van der Waals surface area contributed by atoms with Crippen LogP contribution in [0.1, 0.15) is 82.7 Å². The zero-order valence-corrected chi connectivity index (χ0v) is 19.3. The lowest BCUT2D eigenvalue weighted by Gasteiger charge is -2.33. The number of aromatic nitrogens is 5. The van der Waals surface area contributed by atoms with Gasteiger partial charge >= 0.3 is 6.09 Å². The van der Waals surface area contributed by atoms with E-state index >= 15 is 0 Å². The summed E-state index contributed by atoms with van der Waals surface area (Å²) in [7, 11) is 0. The number of rotatable bonds is 3. The van der Waals surface area contributed by atoms with Crippen LogP contribution < -0.4 is 5.56 Å². The molecule has 0 spiro atoms. The Hall–Kier alpha value is -3.17. The number of nitrogens with one attached hydrogen (secondary N) is 1. The SMILES string of the molecule is CC(C)(C)OC(=O)N1CCC(c2cc(=O)[nH]c3c(-c4nnc(C5CCCC5)o4)cnn23)CC1. The molecule has 4 heterocycles. The smallest absolute Gasteiger partial charge is 0.410 e. The minimum absolute atomic E-state index is 0.0953. The summed E-state index contributed by atoms with van der Waals surface area (Å²) in [6.45, 7) is 6.72. The molecule has 0 radical (unpaired) electrons. The summed E-state index contributed by atoms with van der Waals surface area (Å²) in [5.74, 6) is 1.45. The van der Waals surface area contributed by atoms with Crippen molar-refractivity contribution in [2.75, 3.05) is 13.1 Å². The molecule has 1 aliphatic carbocycles. The van der Waals surface area contributed by atoms with Crippen molar-refractivity contribution in [2.24, 2.45) is 0 Å². The van der Waals surface area contributed by atoms with Gasteiger partial charge in [0.05, 0.1) is 11.9 Å². The van der Waals surface area contributed by atoms with Crippen LogP contribution in [0.2, 0.25) is 0 Å². The average molecular weight is 455 g/mol. The van der Waals surface area contributed by atoms with E-state index in [-0.39, 0.29) is 17.6 Å². The van der Waals surface area contributed by atoms with Crippen molar-refractivity contribution < 1.29 is 13.9 Å². The van der Waals surface area contributed by atoms with E-state index in [0.717, 1.165) is 31.4 Å². The summed E-state index contributed by atoms with van der Waals surface area (Å²) in [4.78, 5) is 29.5. The second kappa shape index (κ2) is 8.31. The van der Waals surface area contributed by atoms with Crippen LogP contribution in [0.4, 0.5) is 4.79 Å². The van der Waals surface area contributed by atoms with Gasteiger partial charge in [0.15, 0.2) is 0 Å². The molecule has 33 heavy (non-hydrogen) atoms. The number of nitrogens with zero attached hydrogens (tertiary/aromatic N) is 5. The first kappa shape index (κ1) is 21.7. The molecule has 5 rings (SSSR count). The van der Waals surface area contributed by atoms with E-state index in [1.54, 1.807) is 21.7 Å². The Morgan fingerprint density at radius 2 is 1.85 bits per heavy atom. The van der Waals surface area contributed by atoms with Gasteiger partial charge in [-0.3, -0.25) is 4.79 Å². The van der Waals surface area contributed by atoms with E-state index in [4.69, 9.17) is 9.15 Å². The van der Waals surface area contributed by atoms with Gasteiger partial charge in [-0.25, -0.2) is 9.31 Å². The van der Waals surface area contributed by atoms with Gasteiger partial charge in [0, 0.05) is 31.0 Å². The fourth-order valence-electron chi connectivity index (χ4n) is 4.83. The van der Waals surface area contributed by atoms with Crippen LogP contribution in [0.3, 0.4) is 0 Å². The van der Waals surface area contributed by atoms with Crippen molar-refractivity contribution in [1.29, 1.82) is 0 Å². The molecule has 1 aliphatic heterocycles. The van der Waals surface area contributed by atoms with Crippen molar-refractivity contribution in [3.63, 3.8) is 0 Å². The lowest BCUT2D eigenvalue weighted by atomic mass is 9.93. The lowest BCUT2D eigenvalue weighted by Crippen LogP contribution is -2.41. The number of H-pyrrole nitrogens is 1. The van der Waals surface area contributed by atoms with Crippen LogP contribution in [0, 0.1) is 0 Å². The molecule has 2 fully saturated rings. The second-order valence-corrected chi connectivity index (χ2v) is 10.0. The summed E-state index contributed by atoms with van der Waals surface area (Å²) >= 11 is 0. The Balaban J connectivity index is 1.38. The summed E-state index contributed by atoms with van der Waals surface area (Å²) < 4.78 is 13.2. The highest BCUT2D eigenvalue weighted by Gasteiger charge is 2.30. The molecule has 1 saturated carbocycles. The normalized spacial score (nSPS) is 18.3. The Labute approximate surface area is 191 Å². The molecule has 3 aromatic heterocycles. The third-order valence-corrected chi connectivity index (χ3v) is 6.47. The molecule has 0 bridgehead atoms. The molecule has 10 nitrogen and oxygen atoms in total. The quantitative estimate of drug-likeness (QED) is 0.638. The molecule has 1 N–H and O–H groups in total. The van der Waals surface area contributed by atoms with Gasteiger partial charge in [-0.2, -0.15) is 5.10 Å². The number of carbonyl (C=O) groups is 1. The first-order valence-electron chi connectivity index (χ1n) is 11.7. The largest absolute Gasteiger partial charge is 0.444 e. The predicted molar refractivity (Wildman–Crippen MR) is 120 cm³/mol. The van der Waals surface area contributed by atoms with Crippen LogP contribution in [-0.2, 0) is 4.74 Å². The van der Waals surface area contributed by atoms with Crippen molar-refractivity contribution >= 4 is 11.7 Å². The number of hydrogen-bond acceptors (Lipinski definition) is 7. The number of piperidine rings is 1. The van der Waals surface area contributed by atoms with Crippen molar-refractivity contribution in [3.05, 3.63) is 34.2 Å². The van der Waals surface area contributed by atoms with E-state index in [0.29, 0.717) is 42.0 Å². The lowest BCUT2D eigenvalue weighted by molar-refractivity contribution is 0.0203. The molecule has 10 heteroatoms. The van der Waals surface area contributed by atoms with Gasteiger partial charge in [0.2, 0.25) is 5.89 Å². The highest BCUT2D eigenvalue weighted by Crippen LogP contribution is 2.35. The molecule has 3 aromatic rings. The molecule has 2 aliphatic rings. The fourth-order valence-corrected chi connectivity index (χ4v) is 4.83. The number of carbonyl (C=O) groups excluding carboxylic acids is 1. The number of fused-ring (bicyclic) bond motifs is 1. The highest BCUT2D eigenvalue weighted by molar-refractivity contribution is 5.71. The Morgan fingerprint density at radius 3 is 2.55 bits per heavy atom. The molecule has 1 amide bonds. The van der Waals surface area contributed by atoms with Gasteiger partial charge in [0.1, 0.15) is 16.8 Å². The van der Waals surface area contributed by atoms with Crippen LogP contribution in [-0.4, -0.2) is 54.5 Å². The molecular weight excluding hydrogens is 424 g/mol. The van der Waals surface area contributed by atoms with Crippen LogP contribution in [0.5, 0.6) is 0 Å². The maximum Gasteiger partial charge on any atom is 0.410 e. The molecular formula is C23H30N6O4. The number of aromatic amines is 1. The van der Waals surface area contributed by atoms with Gasteiger partial charge in [0.25, 0.3) is 11.4 Å². The summed E-state index contributed by atoms with van der Waals surface area (Å²) in [6.07, 6.45) is 7.31. The zero-order chi connectivity index (χ0) is 23.2. The van der Waals surface area contributed by atoms with Crippen LogP contribution in [0.15, 0.2) is 21.5 Å². The number of hydrogen-bond donors (Lipinski definition) is 1. The Bertz CT molecular complexity index is 1210. The van der Waals surface area contributed by atoms with Gasteiger partial charge in [-0.1, -0.05) is 12.8 Å². The second-order valence-electron chi connectivity index (χ2n) is 10.0. The first-order valence-corrected chi connectivity index (χ1v) is 11.7. The van der Waals surface area contributed by atoms with Gasteiger partial charge < -0.3 is 19.0 Å². The third-order valence-electron chi connectivity index (χ3n) is 6.47. The molecule has 1 saturated heterocycles. The average Bonchev–Trinajstić information content (AvgIpc) is 3.51. The Morgan fingerprint density at radius 1 is 1.12 bits per heavy atom. The Kier molecular flexibility index (Phi) is 5.46. The fraction of sp³-hybridized carbons (Fsp3) is 0.609. The minimum atomic E-state index is -0.523. The summed E-state index contributed by atoms with van der Waals surface area (Å²) in [6, 6.07) is 1.59. The van der Waals surface area contributed by atoms with Crippen LogP contribution in [0.25, 0.3) is 17.1 Å². The molecule has 0 unspecified atom stereocenters. The first-order chi connectivity index (χ1) is 15.8. The number of amides is 1. The van der Waals surface area contributed by atoms with Gasteiger partial charge in [-0.15, -0.1) is 10.2 Å². The summed E-state index contributed by atoms with van der Waals surface area (Å²) in [5, 5.41) is 13.0. The van der Waals surface area contributed by atoms with E-state index in [1.807, 2.05) is 20.8 Å². The van der Waals surface area contributed by atoms with Gasteiger partial charge in [-0.05, 0) is 46.5 Å². The highest BCUT2D eigenvalue weighted by atomic mass is 16.6. The third kappa shape index (κ3) is 4.38. The van der Waals surface area contributed by atoms with E-state index in [1.165, 1.54) is 12.8 Å². The van der Waals surface area contributed by atoms with Crippen molar-refractivity contribution in [2.45, 2.75) is 76.7 Å². The number of likely N-dealkylation sites (tertiary alicyclic amines) is 1. The summed E-state index contributed by atoms with van der Waals surface area (Å²) in [5.41, 5.74) is 1.26. The molecule has 176 valence electrons. The monoisotopic (exact) mass is 454 g/mol.